The first-order valence-corrected chi connectivity index (χ1v) is 7.25. The lowest BCUT2D eigenvalue weighted by Crippen LogP contribution is -2.24. The van der Waals surface area contributed by atoms with Crippen molar-refractivity contribution in [2.45, 2.75) is 40.0 Å². The highest BCUT2D eigenvalue weighted by molar-refractivity contribution is 5.94. The number of benzene rings is 1. The highest BCUT2D eigenvalue weighted by Crippen LogP contribution is 2.09. The molecule has 0 atom stereocenters. The highest BCUT2D eigenvalue weighted by Gasteiger charge is 2.04. The molecule has 1 aromatic rings. The van der Waals surface area contributed by atoms with Crippen molar-refractivity contribution >= 4 is 11.6 Å². The molecule has 110 valence electrons. The first kappa shape index (κ1) is 15.5. The lowest BCUT2D eigenvalue weighted by Gasteiger charge is -2.08. The van der Waals surface area contributed by atoms with Crippen LogP contribution in [0.3, 0.4) is 0 Å². The van der Waals surface area contributed by atoms with Gasteiger partial charge in [0.15, 0.2) is 0 Å². The maximum atomic E-state index is 11.9. The molecule has 3 heteroatoms. The summed E-state index contributed by atoms with van der Waals surface area (Å²) in [4.78, 5) is 11.9. The third kappa shape index (κ3) is 6.27. The molecule has 0 radical (unpaired) electrons. The van der Waals surface area contributed by atoms with Crippen LogP contribution in [0.2, 0.25) is 0 Å². The van der Waals surface area contributed by atoms with Gasteiger partial charge in [-0.15, -0.1) is 0 Å². The second-order valence-corrected chi connectivity index (χ2v) is 5.25. The van der Waals surface area contributed by atoms with Gasteiger partial charge in [-0.05, 0) is 43.5 Å². The van der Waals surface area contributed by atoms with Crippen LogP contribution in [-0.2, 0) is 0 Å². The van der Waals surface area contributed by atoms with Crippen LogP contribution in [0.25, 0.3) is 0 Å². The number of nitrogens with one attached hydrogen (secondary N) is 2. The maximum absolute atomic E-state index is 11.9. The van der Waals surface area contributed by atoms with Gasteiger partial charge in [-0.3, -0.25) is 4.79 Å². The minimum Gasteiger partial charge on any atom is -0.385 e. The molecule has 1 aromatic carbocycles. The van der Waals surface area contributed by atoms with Crippen LogP contribution in [0, 0.1) is 5.92 Å². The second-order valence-electron chi connectivity index (χ2n) is 5.25. The Balaban J connectivity index is 0. The Labute approximate surface area is 119 Å². The van der Waals surface area contributed by atoms with Crippen molar-refractivity contribution in [1.82, 2.24) is 5.32 Å². The largest absolute Gasteiger partial charge is 0.385 e. The molecule has 19 heavy (non-hydrogen) atoms. The lowest BCUT2D eigenvalue weighted by atomic mass is 10.1. The summed E-state index contributed by atoms with van der Waals surface area (Å²) < 4.78 is 0. The fraction of sp³-hybridized carbons (Fsp3) is 0.562. The van der Waals surface area contributed by atoms with Crippen LogP contribution in [0.5, 0.6) is 0 Å². The SMILES string of the molecule is CCNc1ccc(C(=O)NCCCCC(C)C)cc1.[HH].[HH]. The van der Waals surface area contributed by atoms with Crippen molar-refractivity contribution in [2.75, 3.05) is 18.4 Å². The van der Waals surface area contributed by atoms with Gasteiger partial charge in [0.2, 0.25) is 0 Å². The summed E-state index contributed by atoms with van der Waals surface area (Å²) in [6.45, 7) is 8.16. The predicted molar refractivity (Wildman–Crippen MR) is 85.9 cm³/mol. The third-order valence-electron chi connectivity index (χ3n) is 3.02. The topological polar surface area (TPSA) is 41.1 Å². The molecule has 3 nitrogen and oxygen atoms in total. The van der Waals surface area contributed by atoms with Gasteiger partial charge in [0.1, 0.15) is 0 Å². The number of anilines is 1. The van der Waals surface area contributed by atoms with E-state index in [0.717, 1.165) is 36.7 Å². The number of hydrogen-bond acceptors (Lipinski definition) is 2. The zero-order chi connectivity index (χ0) is 14.1. The van der Waals surface area contributed by atoms with Gasteiger partial charge in [-0.25, -0.2) is 0 Å². The molecule has 0 aliphatic heterocycles. The maximum Gasteiger partial charge on any atom is 0.251 e. The molecule has 0 heterocycles. The van der Waals surface area contributed by atoms with E-state index in [1.807, 2.05) is 24.3 Å². The first-order chi connectivity index (χ1) is 9.13. The third-order valence-corrected chi connectivity index (χ3v) is 3.02. The van der Waals surface area contributed by atoms with Gasteiger partial charge in [-0.2, -0.15) is 0 Å². The molecule has 1 amide bonds. The molecular weight excluding hydrogens is 236 g/mol. The summed E-state index contributed by atoms with van der Waals surface area (Å²) in [5, 5.41) is 6.18. The highest BCUT2D eigenvalue weighted by atomic mass is 16.1. The molecule has 0 saturated heterocycles. The van der Waals surface area contributed by atoms with E-state index in [1.165, 1.54) is 12.8 Å². The zero-order valence-corrected chi connectivity index (χ0v) is 12.3. The molecule has 0 saturated carbocycles. The van der Waals surface area contributed by atoms with Gasteiger partial charge in [-0.1, -0.05) is 26.7 Å². The molecular formula is C16H30N2O. The monoisotopic (exact) mass is 266 g/mol. The van der Waals surface area contributed by atoms with Crippen molar-refractivity contribution < 1.29 is 7.65 Å². The van der Waals surface area contributed by atoms with Crippen molar-refractivity contribution in [3.63, 3.8) is 0 Å². The van der Waals surface area contributed by atoms with Crippen molar-refractivity contribution in [2.24, 2.45) is 5.92 Å². The first-order valence-electron chi connectivity index (χ1n) is 7.25. The van der Waals surface area contributed by atoms with Crippen LogP contribution in [0.1, 0.15) is 53.2 Å². The minimum absolute atomic E-state index is 0. The van der Waals surface area contributed by atoms with Crippen LogP contribution in [-0.4, -0.2) is 19.0 Å². The van der Waals surface area contributed by atoms with Gasteiger partial charge in [0.25, 0.3) is 5.91 Å². The summed E-state index contributed by atoms with van der Waals surface area (Å²) >= 11 is 0. The Kier molecular flexibility index (Phi) is 7.01. The number of carbonyl (C=O) groups is 1. The molecule has 2 N–H and O–H groups in total. The molecule has 0 bridgehead atoms. The molecule has 0 aliphatic carbocycles. The normalized spacial score (nSPS) is 10.5. The molecule has 0 aromatic heterocycles. The second kappa shape index (κ2) is 8.57. The summed E-state index contributed by atoms with van der Waals surface area (Å²) in [5.74, 6) is 0.766. The Morgan fingerprint density at radius 1 is 1.21 bits per heavy atom. The standard InChI is InChI=1S/C16H26N2O.2H2/c1-4-17-15-10-8-14(9-11-15)16(19)18-12-6-5-7-13(2)3;;/h8-11,13,17H,4-7,12H2,1-3H3,(H,18,19);2*1H. The summed E-state index contributed by atoms with van der Waals surface area (Å²) in [7, 11) is 0. The Morgan fingerprint density at radius 3 is 2.47 bits per heavy atom. The minimum atomic E-state index is 0. The zero-order valence-electron chi connectivity index (χ0n) is 12.3. The smallest absolute Gasteiger partial charge is 0.251 e. The van der Waals surface area contributed by atoms with E-state index >= 15 is 0 Å². The number of amides is 1. The summed E-state index contributed by atoms with van der Waals surface area (Å²) in [6, 6.07) is 7.61. The average molecular weight is 266 g/mol. The molecule has 0 spiro atoms. The quantitative estimate of drug-likeness (QED) is 0.693. The Bertz CT molecular complexity index is 380. The lowest BCUT2D eigenvalue weighted by molar-refractivity contribution is 0.0953. The number of unbranched alkanes of at least 4 members (excludes halogenated alkanes) is 1. The van der Waals surface area contributed by atoms with Gasteiger partial charge in [0.05, 0.1) is 0 Å². The fourth-order valence-corrected chi connectivity index (χ4v) is 1.93. The molecule has 0 fully saturated rings. The van der Waals surface area contributed by atoms with E-state index in [0.29, 0.717) is 0 Å². The van der Waals surface area contributed by atoms with E-state index in [-0.39, 0.29) is 8.76 Å². The van der Waals surface area contributed by atoms with E-state index in [2.05, 4.69) is 31.4 Å². The van der Waals surface area contributed by atoms with Crippen molar-refractivity contribution in [3.05, 3.63) is 29.8 Å². The van der Waals surface area contributed by atoms with Gasteiger partial charge in [0, 0.05) is 27.2 Å². The van der Waals surface area contributed by atoms with Crippen LogP contribution in [0.4, 0.5) is 5.69 Å². The Morgan fingerprint density at radius 2 is 1.89 bits per heavy atom. The van der Waals surface area contributed by atoms with E-state index in [9.17, 15) is 4.79 Å². The van der Waals surface area contributed by atoms with Crippen molar-refractivity contribution in [1.29, 1.82) is 0 Å². The fourth-order valence-electron chi connectivity index (χ4n) is 1.93. The van der Waals surface area contributed by atoms with E-state index in [1.54, 1.807) is 0 Å². The molecule has 1 rings (SSSR count). The number of hydrogen-bond donors (Lipinski definition) is 2. The van der Waals surface area contributed by atoms with Gasteiger partial charge < -0.3 is 10.6 Å². The summed E-state index contributed by atoms with van der Waals surface area (Å²) in [5.41, 5.74) is 1.78. The van der Waals surface area contributed by atoms with Crippen molar-refractivity contribution in [3.8, 4) is 0 Å². The number of rotatable bonds is 8. The van der Waals surface area contributed by atoms with E-state index < -0.39 is 0 Å². The molecule has 0 aliphatic rings. The average Bonchev–Trinajstić information content (AvgIpc) is 2.39. The van der Waals surface area contributed by atoms with E-state index in [4.69, 9.17) is 0 Å². The summed E-state index contributed by atoms with van der Waals surface area (Å²) in [6.07, 6.45) is 3.46. The van der Waals surface area contributed by atoms with Gasteiger partial charge >= 0.3 is 0 Å². The van der Waals surface area contributed by atoms with Crippen LogP contribution in [0.15, 0.2) is 24.3 Å². The van der Waals surface area contributed by atoms with Crippen LogP contribution >= 0.6 is 0 Å². The Hall–Kier alpha value is -1.51. The van der Waals surface area contributed by atoms with Crippen LogP contribution < -0.4 is 10.6 Å². The number of carbonyl (C=O) groups excluding carboxylic acids is 1. The predicted octanol–water partition coefficient (Wildman–Crippen LogP) is 4.17. The molecule has 0 unspecified atom stereocenters.